The molecule has 0 aliphatic carbocycles. The molecule has 0 bridgehead atoms. The lowest BCUT2D eigenvalue weighted by Gasteiger charge is -2.37. The SMILES string of the molecule is COCC1(CNC(=O)c2cccc(Oc3cnccn3)c2)CCNCC1. The van der Waals surface area contributed by atoms with Gasteiger partial charge in [-0.2, -0.15) is 0 Å². The summed E-state index contributed by atoms with van der Waals surface area (Å²) in [7, 11) is 1.71. The molecule has 1 aromatic heterocycles. The van der Waals surface area contributed by atoms with Crippen LogP contribution in [0.5, 0.6) is 11.6 Å². The van der Waals surface area contributed by atoms with E-state index in [0.717, 1.165) is 25.9 Å². The molecular weight excluding hydrogens is 332 g/mol. The van der Waals surface area contributed by atoms with E-state index in [4.69, 9.17) is 9.47 Å². The Morgan fingerprint density at radius 2 is 2.15 bits per heavy atom. The van der Waals surface area contributed by atoms with Crippen LogP contribution in [0.25, 0.3) is 0 Å². The van der Waals surface area contributed by atoms with Crippen LogP contribution in [-0.4, -0.2) is 49.2 Å². The predicted octanol–water partition coefficient (Wildman–Crippen LogP) is 2.01. The van der Waals surface area contributed by atoms with Gasteiger partial charge in [0.15, 0.2) is 0 Å². The first kappa shape index (κ1) is 18.3. The molecule has 2 N–H and O–H groups in total. The van der Waals surface area contributed by atoms with E-state index < -0.39 is 0 Å². The van der Waals surface area contributed by atoms with Gasteiger partial charge in [0, 0.05) is 37.0 Å². The van der Waals surface area contributed by atoms with Crippen molar-refractivity contribution >= 4 is 5.91 Å². The first-order chi connectivity index (χ1) is 12.7. The van der Waals surface area contributed by atoms with Crippen LogP contribution in [-0.2, 0) is 4.74 Å². The minimum absolute atomic E-state index is 0.0105. The van der Waals surface area contributed by atoms with Gasteiger partial charge in [0.05, 0.1) is 12.8 Å². The number of piperidine rings is 1. The normalized spacial score (nSPS) is 16.0. The molecule has 1 amide bonds. The van der Waals surface area contributed by atoms with Crippen molar-refractivity contribution in [1.82, 2.24) is 20.6 Å². The molecule has 0 radical (unpaired) electrons. The van der Waals surface area contributed by atoms with Crippen molar-refractivity contribution < 1.29 is 14.3 Å². The van der Waals surface area contributed by atoms with Crippen LogP contribution in [0.2, 0.25) is 0 Å². The lowest BCUT2D eigenvalue weighted by atomic mass is 9.79. The maximum absolute atomic E-state index is 12.6. The first-order valence-electron chi connectivity index (χ1n) is 8.73. The smallest absolute Gasteiger partial charge is 0.251 e. The van der Waals surface area contributed by atoms with Crippen LogP contribution >= 0.6 is 0 Å². The van der Waals surface area contributed by atoms with E-state index >= 15 is 0 Å². The third-order valence-corrected chi connectivity index (χ3v) is 4.60. The average molecular weight is 356 g/mol. The highest BCUT2D eigenvalue weighted by molar-refractivity contribution is 5.94. The standard InChI is InChI=1S/C19H24N4O3/c1-25-14-19(5-7-20-8-6-19)13-23-18(24)15-3-2-4-16(11-15)26-17-12-21-9-10-22-17/h2-4,9-12,20H,5-8,13-14H2,1H3,(H,23,24). The molecule has 7 nitrogen and oxygen atoms in total. The van der Waals surface area contributed by atoms with Gasteiger partial charge in [-0.05, 0) is 44.1 Å². The van der Waals surface area contributed by atoms with Gasteiger partial charge in [-0.3, -0.25) is 9.78 Å². The number of benzene rings is 1. The lowest BCUT2D eigenvalue weighted by molar-refractivity contribution is 0.0511. The van der Waals surface area contributed by atoms with Gasteiger partial charge in [-0.15, -0.1) is 0 Å². The predicted molar refractivity (Wildman–Crippen MR) is 97.3 cm³/mol. The molecular formula is C19H24N4O3. The summed E-state index contributed by atoms with van der Waals surface area (Å²) in [5.74, 6) is 0.814. The molecule has 2 aromatic rings. The molecule has 0 atom stereocenters. The number of carbonyl (C=O) groups excluding carboxylic acids is 1. The van der Waals surface area contributed by atoms with Crippen molar-refractivity contribution in [2.75, 3.05) is 33.4 Å². The van der Waals surface area contributed by atoms with Crippen LogP contribution in [0, 0.1) is 5.41 Å². The molecule has 1 aliphatic rings. The molecule has 0 unspecified atom stereocenters. The maximum atomic E-state index is 12.6. The summed E-state index contributed by atoms with van der Waals surface area (Å²) in [5, 5.41) is 6.41. The Balaban J connectivity index is 1.63. The third-order valence-electron chi connectivity index (χ3n) is 4.60. The van der Waals surface area contributed by atoms with Crippen LogP contribution < -0.4 is 15.4 Å². The summed E-state index contributed by atoms with van der Waals surface area (Å²) in [6.07, 6.45) is 6.62. The van der Waals surface area contributed by atoms with Gasteiger partial charge in [-0.1, -0.05) is 6.07 Å². The highest BCUT2D eigenvalue weighted by atomic mass is 16.5. The van der Waals surface area contributed by atoms with Crippen molar-refractivity contribution in [2.45, 2.75) is 12.8 Å². The number of hydrogen-bond donors (Lipinski definition) is 2. The topological polar surface area (TPSA) is 85.4 Å². The highest BCUT2D eigenvalue weighted by Gasteiger charge is 2.32. The van der Waals surface area contributed by atoms with E-state index in [2.05, 4.69) is 20.6 Å². The average Bonchev–Trinajstić information content (AvgIpc) is 2.68. The van der Waals surface area contributed by atoms with Crippen LogP contribution in [0.1, 0.15) is 23.2 Å². The quantitative estimate of drug-likeness (QED) is 0.789. The Kier molecular flexibility index (Phi) is 6.14. The van der Waals surface area contributed by atoms with Gasteiger partial charge in [0.1, 0.15) is 5.75 Å². The summed E-state index contributed by atoms with van der Waals surface area (Å²) >= 11 is 0. The Morgan fingerprint density at radius 3 is 2.88 bits per heavy atom. The molecule has 26 heavy (non-hydrogen) atoms. The fraction of sp³-hybridized carbons (Fsp3) is 0.421. The number of aromatic nitrogens is 2. The maximum Gasteiger partial charge on any atom is 0.251 e. The fourth-order valence-electron chi connectivity index (χ4n) is 3.16. The molecule has 1 fully saturated rings. The molecule has 1 aliphatic heterocycles. The van der Waals surface area contributed by atoms with Gasteiger partial charge < -0.3 is 20.1 Å². The second kappa shape index (κ2) is 8.73. The van der Waals surface area contributed by atoms with E-state index in [1.165, 1.54) is 6.20 Å². The monoisotopic (exact) mass is 356 g/mol. The summed E-state index contributed by atoms with van der Waals surface area (Å²) in [4.78, 5) is 20.6. The largest absolute Gasteiger partial charge is 0.437 e. The van der Waals surface area contributed by atoms with Crippen LogP contribution in [0.4, 0.5) is 0 Å². The molecule has 138 valence electrons. The second-order valence-electron chi connectivity index (χ2n) is 6.54. The lowest BCUT2D eigenvalue weighted by Crippen LogP contribution is -2.47. The Labute approximate surface area is 153 Å². The summed E-state index contributed by atoms with van der Waals surface area (Å²) < 4.78 is 11.0. The number of rotatable bonds is 7. The first-order valence-corrected chi connectivity index (χ1v) is 8.73. The zero-order chi connectivity index (χ0) is 18.2. The second-order valence-corrected chi connectivity index (χ2v) is 6.54. The minimum atomic E-state index is -0.122. The zero-order valence-electron chi connectivity index (χ0n) is 14.9. The number of ether oxygens (including phenoxy) is 2. The van der Waals surface area contributed by atoms with Gasteiger partial charge in [0.2, 0.25) is 5.88 Å². The molecule has 0 spiro atoms. The highest BCUT2D eigenvalue weighted by Crippen LogP contribution is 2.28. The van der Waals surface area contributed by atoms with E-state index in [1.54, 1.807) is 43.8 Å². The van der Waals surface area contributed by atoms with Gasteiger partial charge >= 0.3 is 0 Å². The van der Waals surface area contributed by atoms with Crippen molar-refractivity contribution in [2.24, 2.45) is 5.41 Å². The molecule has 2 heterocycles. The van der Waals surface area contributed by atoms with E-state index in [9.17, 15) is 4.79 Å². The number of methoxy groups -OCH3 is 1. The van der Waals surface area contributed by atoms with Crippen LogP contribution in [0.3, 0.4) is 0 Å². The minimum Gasteiger partial charge on any atom is -0.437 e. The Bertz CT molecular complexity index is 712. The fourth-order valence-corrected chi connectivity index (χ4v) is 3.16. The Hall–Kier alpha value is -2.51. The van der Waals surface area contributed by atoms with Crippen LogP contribution in [0.15, 0.2) is 42.9 Å². The molecule has 0 saturated carbocycles. The number of hydrogen-bond acceptors (Lipinski definition) is 6. The molecule has 3 rings (SSSR count). The summed E-state index contributed by atoms with van der Waals surface area (Å²) in [5.41, 5.74) is 0.538. The van der Waals surface area contributed by atoms with E-state index in [0.29, 0.717) is 30.3 Å². The van der Waals surface area contributed by atoms with Crippen molar-refractivity contribution in [3.8, 4) is 11.6 Å². The van der Waals surface area contributed by atoms with Crippen molar-refractivity contribution in [3.05, 3.63) is 48.4 Å². The third kappa shape index (κ3) is 4.77. The summed E-state index contributed by atoms with van der Waals surface area (Å²) in [6, 6.07) is 7.04. The number of nitrogens with one attached hydrogen (secondary N) is 2. The van der Waals surface area contributed by atoms with E-state index in [-0.39, 0.29) is 11.3 Å². The molecule has 7 heteroatoms. The number of amides is 1. The molecule has 1 saturated heterocycles. The number of carbonyl (C=O) groups is 1. The van der Waals surface area contributed by atoms with Crippen molar-refractivity contribution in [1.29, 1.82) is 0 Å². The number of nitrogens with zero attached hydrogens (tertiary/aromatic N) is 2. The summed E-state index contributed by atoms with van der Waals surface area (Å²) in [6.45, 7) is 3.13. The van der Waals surface area contributed by atoms with E-state index in [1.807, 2.05) is 0 Å². The van der Waals surface area contributed by atoms with Crippen molar-refractivity contribution in [3.63, 3.8) is 0 Å². The van der Waals surface area contributed by atoms with Gasteiger partial charge in [-0.25, -0.2) is 4.98 Å². The van der Waals surface area contributed by atoms with Gasteiger partial charge in [0.25, 0.3) is 5.91 Å². The molecule has 1 aromatic carbocycles. The zero-order valence-corrected chi connectivity index (χ0v) is 14.9. The Morgan fingerprint density at radius 1 is 1.31 bits per heavy atom.